The Morgan fingerprint density at radius 2 is 1.48 bits per heavy atom. The van der Waals surface area contributed by atoms with Crippen molar-refractivity contribution in [2.75, 3.05) is 25.9 Å². The van der Waals surface area contributed by atoms with E-state index in [1.165, 1.54) is 0 Å². The van der Waals surface area contributed by atoms with Crippen LogP contribution in [0.25, 0.3) is 0 Å². The van der Waals surface area contributed by atoms with Crippen LogP contribution >= 0.6 is 11.6 Å². The number of rotatable bonds is 20. The van der Waals surface area contributed by atoms with Gasteiger partial charge in [0.15, 0.2) is 14.4 Å². The van der Waals surface area contributed by atoms with Gasteiger partial charge in [-0.3, -0.25) is 9.59 Å². The Morgan fingerprint density at radius 3 is 1.98 bits per heavy atom. The third kappa shape index (κ3) is 19.3. The van der Waals surface area contributed by atoms with Gasteiger partial charge < -0.3 is 23.4 Å². The molecule has 0 amide bonds. The van der Waals surface area contributed by atoms with E-state index in [0.29, 0.717) is 6.61 Å². The van der Waals surface area contributed by atoms with E-state index >= 15 is 0 Å². The molecule has 0 rings (SSSR count). The zero-order chi connectivity index (χ0) is 32.6. The van der Waals surface area contributed by atoms with Crippen molar-refractivity contribution in [1.29, 1.82) is 0 Å². The molecule has 0 aromatic carbocycles. The van der Waals surface area contributed by atoms with E-state index in [1.54, 1.807) is 32.9 Å². The number of unbranched alkanes of at least 4 members (excludes halogenated alkanes) is 2. The lowest BCUT2D eigenvalue weighted by molar-refractivity contribution is -0.160. The number of hydrogen-bond acceptors (Lipinski definition) is 7. The second-order valence-electron chi connectivity index (χ2n) is 14.7. The minimum atomic E-state index is -2.00. The topological polar surface area (TPSA) is 80.3 Å². The predicted octanol–water partition coefficient (Wildman–Crippen LogP) is 8.51. The predicted molar refractivity (Wildman–Crippen MR) is 179 cm³/mol. The molecule has 42 heavy (non-hydrogen) atoms. The third-order valence-corrected chi connectivity index (χ3v) is 13.5. The van der Waals surface area contributed by atoms with Crippen molar-refractivity contribution in [3.8, 4) is 0 Å². The van der Waals surface area contributed by atoms with Crippen LogP contribution < -0.4 is 0 Å². The number of alkyl halides is 1. The van der Waals surface area contributed by atoms with Crippen molar-refractivity contribution in [2.45, 2.75) is 136 Å². The maximum Gasteiger partial charge on any atom is 0.321 e. The highest BCUT2D eigenvalue weighted by atomic mass is 35.5. The fourth-order valence-corrected chi connectivity index (χ4v) is 5.38. The zero-order valence-corrected chi connectivity index (χ0v) is 31.4. The molecular formula is C32H61ClO7Si2. The Morgan fingerprint density at radius 1 is 0.881 bits per heavy atom. The SMILES string of the molecule is CCCCC[C@H](/C=C/[C@H](/C=C/[C@@H](COC(=O)C(C)(C)C)OC(=O)CCl)OCOCC[Si](C)(C)C)O[Si](C)(C)C(C)(C)C. The Hall–Kier alpha value is -0.976. The first-order valence-electron chi connectivity index (χ1n) is 15.4. The molecule has 0 aromatic heterocycles. The average Bonchev–Trinajstić information content (AvgIpc) is 2.85. The first kappa shape index (κ1) is 41.0. The lowest BCUT2D eigenvalue weighted by atomic mass is 9.97. The Balaban J connectivity index is 5.93. The van der Waals surface area contributed by atoms with Gasteiger partial charge in [-0.2, -0.15) is 0 Å². The number of carbonyl (C=O) groups excluding carboxylic acids is 2. The summed E-state index contributed by atoms with van der Waals surface area (Å²) in [5.41, 5.74) is -0.677. The number of ether oxygens (including phenoxy) is 4. The second kappa shape index (κ2) is 19.4. The molecule has 7 nitrogen and oxygen atoms in total. The molecule has 0 fully saturated rings. The smallest absolute Gasteiger partial charge is 0.321 e. The minimum Gasteiger partial charge on any atom is -0.461 e. The molecule has 0 aliphatic rings. The van der Waals surface area contributed by atoms with Crippen LogP contribution in [0, 0.1) is 5.41 Å². The fourth-order valence-electron chi connectivity index (χ4n) is 3.25. The van der Waals surface area contributed by atoms with E-state index < -0.39 is 40.0 Å². The summed E-state index contributed by atoms with van der Waals surface area (Å²) < 4.78 is 29.5. The number of halogens is 1. The monoisotopic (exact) mass is 648 g/mol. The van der Waals surface area contributed by atoms with Gasteiger partial charge in [0, 0.05) is 14.7 Å². The molecular weight excluding hydrogens is 588 g/mol. The van der Waals surface area contributed by atoms with Crippen molar-refractivity contribution in [3.05, 3.63) is 24.3 Å². The summed E-state index contributed by atoms with van der Waals surface area (Å²) >= 11 is 5.68. The molecule has 0 heterocycles. The lowest BCUT2D eigenvalue weighted by Gasteiger charge is -2.38. The highest BCUT2D eigenvalue weighted by Gasteiger charge is 2.38. The van der Waals surface area contributed by atoms with Gasteiger partial charge in [-0.05, 0) is 57.4 Å². The fraction of sp³-hybridized carbons (Fsp3) is 0.812. The van der Waals surface area contributed by atoms with Gasteiger partial charge in [0.1, 0.15) is 19.3 Å². The van der Waals surface area contributed by atoms with Gasteiger partial charge in [0.05, 0.1) is 17.6 Å². The summed E-state index contributed by atoms with van der Waals surface area (Å²) in [6.07, 6.45) is 10.5. The van der Waals surface area contributed by atoms with E-state index in [4.69, 9.17) is 35.0 Å². The van der Waals surface area contributed by atoms with Crippen molar-refractivity contribution < 1.29 is 33.0 Å². The highest BCUT2D eigenvalue weighted by Crippen LogP contribution is 2.38. The van der Waals surface area contributed by atoms with Crippen LogP contribution in [0.15, 0.2) is 24.3 Å². The first-order chi connectivity index (χ1) is 19.2. The molecule has 0 bridgehead atoms. The molecule has 0 aromatic rings. The normalized spacial score (nSPS) is 15.6. The van der Waals surface area contributed by atoms with Gasteiger partial charge in [-0.15, -0.1) is 11.6 Å². The summed E-state index contributed by atoms with van der Waals surface area (Å²) in [4.78, 5) is 24.3. The molecule has 0 N–H and O–H groups in total. The minimum absolute atomic E-state index is 0.0395. The molecule has 0 radical (unpaired) electrons. The first-order valence-corrected chi connectivity index (χ1v) is 22.5. The Labute approximate surface area is 264 Å². The standard InChI is InChI=1S/C32H61ClO7Si2/c1-13-14-15-16-27(40-42(11,12)32(5,6)7)19-17-26(38-25-36-21-22-41(8,9)10)18-20-28(39-29(34)23-33)24-37-30(35)31(2,3)4/h17-20,26-28H,13-16,21-25H2,1-12H3/b19-17+,20-18+/t26-,27-,28+/m1/s1. The molecule has 0 aliphatic heterocycles. The highest BCUT2D eigenvalue weighted by molar-refractivity contribution is 6.76. The van der Waals surface area contributed by atoms with Crippen LogP contribution in [0.4, 0.5) is 0 Å². The van der Waals surface area contributed by atoms with Gasteiger partial charge in [0.25, 0.3) is 0 Å². The molecule has 3 atom stereocenters. The van der Waals surface area contributed by atoms with Crippen LogP contribution in [-0.2, 0) is 33.0 Å². The maximum atomic E-state index is 12.3. The van der Waals surface area contributed by atoms with Gasteiger partial charge in [-0.25, -0.2) is 0 Å². The largest absolute Gasteiger partial charge is 0.461 e. The van der Waals surface area contributed by atoms with Crippen LogP contribution in [0.5, 0.6) is 0 Å². The van der Waals surface area contributed by atoms with Crippen molar-refractivity contribution in [1.82, 2.24) is 0 Å². The van der Waals surface area contributed by atoms with Crippen LogP contribution in [0.3, 0.4) is 0 Å². The average molecular weight is 649 g/mol. The second-order valence-corrected chi connectivity index (χ2v) is 25.3. The number of esters is 2. The van der Waals surface area contributed by atoms with E-state index in [0.717, 1.165) is 31.7 Å². The summed E-state index contributed by atoms with van der Waals surface area (Å²) in [6, 6.07) is 1.04. The Kier molecular flexibility index (Phi) is 19.0. The third-order valence-electron chi connectivity index (χ3n) is 7.10. The molecule has 0 unspecified atom stereocenters. The molecule has 0 saturated carbocycles. The lowest BCUT2D eigenvalue weighted by Crippen LogP contribution is -2.43. The van der Waals surface area contributed by atoms with Crippen molar-refractivity contribution in [3.63, 3.8) is 0 Å². The summed E-state index contributed by atoms with van der Waals surface area (Å²) in [5.74, 6) is -1.28. The number of hydrogen-bond donors (Lipinski definition) is 0. The molecule has 0 spiro atoms. The van der Waals surface area contributed by atoms with E-state index in [9.17, 15) is 9.59 Å². The van der Waals surface area contributed by atoms with E-state index in [2.05, 4.69) is 66.5 Å². The maximum absolute atomic E-state index is 12.3. The summed E-state index contributed by atoms with van der Waals surface area (Å²) in [7, 11) is -3.22. The van der Waals surface area contributed by atoms with Crippen LogP contribution in [-0.4, -0.2) is 72.5 Å². The number of carbonyl (C=O) groups is 2. The van der Waals surface area contributed by atoms with Gasteiger partial charge >= 0.3 is 11.9 Å². The Bertz CT molecular complexity index is 839. The molecule has 10 heteroatoms. The summed E-state index contributed by atoms with van der Waals surface area (Å²) in [5, 5.41) is 0.0911. The van der Waals surface area contributed by atoms with Crippen LogP contribution in [0.1, 0.15) is 74.1 Å². The van der Waals surface area contributed by atoms with Crippen LogP contribution in [0.2, 0.25) is 43.8 Å². The summed E-state index contributed by atoms with van der Waals surface area (Å²) in [6.45, 7) is 26.3. The molecule has 246 valence electrons. The molecule has 0 aliphatic carbocycles. The van der Waals surface area contributed by atoms with E-state index in [-0.39, 0.29) is 36.4 Å². The van der Waals surface area contributed by atoms with Gasteiger partial charge in [-0.1, -0.05) is 84.8 Å². The van der Waals surface area contributed by atoms with Crippen molar-refractivity contribution in [2.24, 2.45) is 5.41 Å². The van der Waals surface area contributed by atoms with E-state index in [1.807, 2.05) is 6.08 Å². The molecule has 0 saturated heterocycles. The zero-order valence-electron chi connectivity index (χ0n) is 28.6. The van der Waals surface area contributed by atoms with Gasteiger partial charge in [0.2, 0.25) is 0 Å². The van der Waals surface area contributed by atoms with Crippen molar-refractivity contribution >= 4 is 39.9 Å². The quantitative estimate of drug-likeness (QED) is 0.0327.